The summed E-state index contributed by atoms with van der Waals surface area (Å²) in [5.41, 5.74) is 2.83. The molecule has 0 saturated heterocycles. The maximum atomic E-state index is 12.3. The average molecular weight is 384 g/mol. The summed E-state index contributed by atoms with van der Waals surface area (Å²) in [5, 5.41) is 1.36. The van der Waals surface area contributed by atoms with Gasteiger partial charge >= 0.3 is 11.9 Å². The van der Waals surface area contributed by atoms with E-state index in [9.17, 15) is 9.59 Å². The highest BCUT2D eigenvalue weighted by atomic mass is 35.5. The van der Waals surface area contributed by atoms with Crippen LogP contribution in [0.5, 0.6) is 0 Å². The fourth-order valence-corrected chi connectivity index (χ4v) is 3.12. The number of aryl methyl sites for hydroxylation is 1. The van der Waals surface area contributed by atoms with Crippen molar-refractivity contribution in [2.24, 2.45) is 0 Å². The van der Waals surface area contributed by atoms with Gasteiger partial charge in [-0.15, -0.1) is 0 Å². The fraction of sp³-hybridized carbons (Fsp3) is 0.190. The Kier molecular flexibility index (Phi) is 5.72. The minimum Gasteiger partial charge on any atom is -0.465 e. The molecule has 1 aromatic heterocycles. The number of hydrogen-bond acceptors (Lipinski definition) is 5. The molecule has 0 atom stereocenters. The molecule has 0 unspecified atom stereocenters. The minimum absolute atomic E-state index is 0.0415. The number of nitrogens with zero attached hydrogens (tertiary/aromatic N) is 1. The number of carbonyl (C=O) groups is 2. The lowest BCUT2D eigenvalue weighted by Crippen LogP contribution is -2.15. The molecule has 0 fully saturated rings. The van der Waals surface area contributed by atoms with Crippen LogP contribution in [0.1, 0.15) is 27.2 Å². The van der Waals surface area contributed by atoms with Gasteiger partial charge in [0.1, 0.15) is 6.61 Å². The maximum Gasteiger partial charge on any atom is 0.340 e. The van der Waals surface area contributed by atoms with E-state index in [0.717, 1.165) is 16.5 Å². The molecule has 0 aliphatic rings. The average Bonchev–Trinajstić information content (AvgIpc) is 2.68. The number of esters is 2. The molecule has 0 N–H and O–H groups in total. The molecule has 1 heterocycles. The van der Waals surface area contributed by atoms with Crippen molar-refractivity contribution in [2.75, 3.05) is 7.11 Å². The Morgan fingerprint density at radius 3 is 2.52 bits per heavy atom. The topological polar surface area (TPSA) is 65.5 Å². The number of pyridine rings is 1. The molecule has 0 amide bonds. The molecule has 5 nitrogen and oxygen atoms in total. The second-order valence-electron chi connectivity index (χ2n) is 6.00. The number of aromatic nitrogens is 1. The van der Waals surface area contributed by atoms with Gasteiger partial charge in [-0.3, -0.25) is 4.79 Å². The molecule has 0 aliphatic heterocycles. The van der Waals surface area contributed by atoms with E-state index in [1.54, 1.807) is 24.3 Å². The van der Waals surface area contributed by atoms with Crippen LogP contribution in [0.2, 0.25) is 5.02 Å². The van der Waals surface area contributed by atoms with Crippen LogP contribution in [-0.2, 0) is 27.3 Å². The van der Waals surface area contributed by atoms with Crippen molar-refractivity contribution in [1.82, 2.24) is 4.98 Å². The summed E-state index contributed by atoms with van der Waals surface area (Å²) >= 11 is 6.08. The largest absolute Gasteiger partial charge is 0.465 e. The number of methoxy groups -OCH3 is 1. The molecule has 6 heteroatoms. The van der Waals surface area contributed by atoms with E-state index in [1.165, 1.54) is 7.11 Å². The van der Waals surface area contributed by atoms with Gasteiger partial charge in [0.05, 0.1) is 30.3 Å². The molecule has 0 radical (unpaired) electrons. The van der Waals surface area contributed by atoms with Crippen LogP contribution in [-0.4, -0.2) is 24.0 Å². The maximum absolute atomic E-state index is 12.3. The van der Waals surface area contributed by atoms with Crippen LogP contribution in [0.15, 0.2) is 48.5 Å². The highest BCUT2D eigenvalue weighted by Gasteiger charge is 2.20. The number of halogens is 1. The fourth-order valence-electron chi connectivity index (χ4n) is 2.92. The molecule has 3 rings (SSSR count). The molecule has 0 saturated carbocycles. The summed E-state index contributed by atoms with van der Waals surface area (Å²) in [6, 6.07) is 14.5. The van der Waals surface area contributed by atoms with E-state index in [-0.39, 0.29) is 13.0 Å². The third-order valence-corrected chi connectivity index (χ3v) is 4.65. The van der Waals surface area contributed by atoms with E-state index in [4.69, 9.17) is 21.1 Å². The summed E-state index contributed by atoms with van der Waals surface area (Å²) in [5.74, 6) is -0.963. The Hall–Kier alpha value is -2.92. The van der Waals surface area contributed by atoms with Gasteiger partial charge in [-0.25, -0.2) is 9.78 Å². The zero-order valence-electron chi connectivity index (χ0n) is 15.0. The monoisotopic (exact) mass is 383 g/mol. The Morgan fingerprint density at radius 2 is 1.78 bits per heavy atom. The van der Waals surface area contributed by atoms with E-state index >= 15 is 0 Å². The zero-order valence-corrected chi connectivity index (χ0v) is 15.7. The molecule has 0 bridgehead atoms. The van der Waals surface area contributed by atoms with Gasteiger partial charge in [0.25, 0.3) is 0 Å². The normalized spacial score (nSPS) is 10.6. The van der Waals surface area contributed by atoms with Crippen molar-refractivity contribution in [3.8, 4) is 0 Å². The van der Waals surface area contributed by atoms with E-state index in [1.807, 2.05) is 31.2 Å². The van der Waals surface area contributed by atoms with Gasteiger partial charge in [-0.1, -0.05) is 48.0 Å². The van der Waals surface area contributed by atoms with Crippen molar-refractivity contribution >= 4 is 34.4 Å². The van der Waals surface area contributed by atoms with Gasteiger partial charge in [0.15, 0.2) is 0 Å². The van der Waals surface area contributed by atoms with Gasteiger partial charge < -0.3 is 9.47 Å². The third kappa shape index (κ3) is 4.09. The van der Waals surface area contributed by atoms with Crippen LogP contribution in [0.4, 0.5) is 0 Å². The number of benzene rings is 2. The van der Waals surface area contributed by atoms with Crippen molar-refractivity contribution in [2.45, 2.75) is 20.0 Å². The first-order valence-electron chi connectivity index (χ1n) is 8.36. The van der Waals surface area contributed by atoms with Crippen molar-refractivity contribution in [3.05, 3.63) is 75.9 Å². The highest BCUT2D eigenvalue weighted by molar-refractivity contribution is 6.31. The molecular weight excluding hydrogens is 366 g/mol. The SMILES string of the molecule is COC(=O)c1c(COC(=O)Cc2ccccc2Cl)nc2ccccc2c1C. The molecule has 138 valence electrons. The predicted molar refractivity (Wildman–Crippen MR) is 103 cm³/mol. The molecule has 2 aromatic carbocycles. The highest BCUT2D eigenvalue weighted by Crippen LogP contribution is 2.24. The quantitative estimate of drug-likeness (QED) is 0.615. The third-order valence-electron chi connectivity index (χ3n) is 4.28. The van der Waals surface area contributed by atoms with Crippen LogP contribution in [0, 0.1) is 6.92 Å². The lowest BCUT2D eigenvalue weighted by atomic mass is 10.0. The zero-order chi connectivity index (χ0) is 19.4. The van der Waals surface area contributed by atoms with Gasteiger partial charge in [-0.2, -0.15) is 0 Å². The Labute approximate surface area is 161 Å². The van der Waals surface area contributed by atoms with Gasteiger partial charge in [0, 0.05) is 10.4 Å². The number of rotatable bonds is 5. The summed E-state index contributed by atoms with van der Waals surface area (Å²) in [6.07, 6.45) is 0.0415. The first-order valence-corrected chi connectivity index (χ1v) is 8.74. The Morgan fingerprint density at radius 1 is 1.07 bits per heavy atom. The standard InChI is InChI=1S/C21H18ClNO4/c1-13-15-8-4-6-10-17(15)23-18(20(13)21(25)26-2)12-27-19(24)11-14-7-3-5-9-16(14)22/h3-10H,11-12H2,1-2H3. The summed E-state index contributed by atoms with van der Waals surface area (Å²) in [6.45, 7) is 1.70. The Bertz CT molecular complexity index is 1020. The van der Waals surface area contributed by atoms with Gasteiger partial charge in [0.2, 0.25) is 0 Å². The van der Waals surface area contributed by atoms with E-state index < -0.39 is 11.9 Å². The first-order chi connectivity index (χ1) is 13.0. The van der Waals surface area contributed by atoms with Crippen LogP contribution in [0.25, 0.3) is 10.9 Å². The minimum atomic E-state index is -0.511. The number of fused-ring (bicyclic) bond motifs is 1. The van der Waals surface area contributed by atoms with E-state index in [0.29, 0.717) is 21.8 Å². The molecular formula is C21H18ClNO4. The van der Waals surface area contributed by atoms with Crippen LogP contribution >= 0.6 is 11.6 Å². The van der Waals surface area contributed by atoms with Gasteiger partial charge in [-0.05, 0) is 30.2 Å². The summed E-state index contributed by atoms with van der Waals surface area (Å²) in [4.78, 5) is 29.0. The molecule has 0 aliphatic carbocycles. The number of hydrogen-bond donors (Lipinski definition) is 0. The lowest BCUT2D eigenvalue weighted by Gasteiger charge is -2.13. The Balaban J connectivity index is 1.86. The lowest BCUT2D eigenvalue weighted by molar-refractivity contribution is -0.144. The smallest absolute Gasteiger partial charge is 0.340 e. The molecule has 3 aromatic rings. The van der Waals surface area contributed by atoms with Crippen molar-refractivity contribution in [3.63, 3.8) is 0 Å². The summed E-state index contributed by atoms with van der Waals surface area (Å²) in [7, 11) is 1.31. The predicted octanol–water partition coefficient (Wildman–Crippen LogP) is 4.27. The van der Waals surface area contributed by atoms with Crippen molar-refractivity contribution < 1.29 is 19.1 Å². The number of ether oxygens (including phenoxy) is 2. The first kappa shape index (κ1) is 18.9. The van der Waals surface area contributed by atoms with Crippen molar-refractivity contribution in [1.29, 1.82) is 0 Å². The summed E-state index contributed by atoms with van der Waals surface area (Å²) < 4.78 is 10.2. The van der Waals surface area contributed by atoms with Crippen LogP contribution < -0.4 is 0 Å². The second-order valence-corrected chi connectivity index (χ2v) is 6.40. The number of para-hydroxylation sites is 1. The molecule has 0 spiro atoms. The van der Waals surface area contributed by atoms with Crippen LogP contribution in [0.3, 0.4) is 0 Å². The second kappa shape index (κ2) is 8.18. The molecule has 27 heavy (non-hydrogen) atoms. The van der Waals surface area contributed by atoms with E-state index in [2.05, 4.69) is 4.98 Å². The number of carbonyl (C=O) groups excluding carboxylic acids is 2.